The monoisotopic (exact) mass is 406 g/mol. The van der Waals surface area contributed by atoms with E-state index >= 15 is 0 Å². The van der Waals surface area contributed by atoms with Gasteiger partial charge in [-0.05, 0) is 36.4 Å². The van der Waals surface area contributed by atoms with Gasteiger partial charge in [0.25, 0.3) is 0 Å². The third-order valence-corrected chi connectivity index (χ3v) is 5.10. The Bertz CT molecular complexity index is 899. The summed E-state index contributed by atoms with van der Waals surface area (Å²) in [5.74, 6) is -1.45. The van der Waals surface area contributed by atoms with Gasteiger partial charge in [-0.2, -0.15) is 0 Å². The zero-order valence-electron chi connectivity index (χ0n) is 14.4. The molecule has 1 fully saturated rings. The largest absolute Gasteiger partial charge is 0.465 e. The Morgan fingerprint density at radius 2 is 1.85 bits per heavy atom. The Labute approximate surface area is 166 Å². The van der Waals surface area contributed by atoms with Crippen molar-refractivity contribution < 1.29 is 19.1 Å². The molecule has 140 valence electrons. The molecule has 1 N–H and O–H groups in total. The Kier molecular flexibility index (Phi) is 5.68. The standard InChI is InChI=1S/C19H16Cl2N2O4/c1-27-19(26)11-5-7-13(8-6-11)22-18(25)12-9-16(24)23(10-12)15-4-2-3-14(20)17(15)21/h2-8,12H,9-10H2,1H3,(H,22,25)/t12-/m0/s1. The lowest BCUT2D eigenvalue weighted by Gasteiger charge is -2.18. The summed E-state index contributed by atoms with van der Waals surface area (Å²) in [6.45, 7) is 0.213. The zero-order valence-corrected chi connectivity index (χ0v) is 15.9. The van der Waals surface area contributed by atoms with Gasteiger partial charge in [0.2, 0.25) is 11.8 Å². The summed E-state index contributed by atoms with van der Waals surface area (Å²) in [4.78, 5) is 37.8. The van der Waals surface area contributed by atoms with E-state index in [1.807, 2.05) is 0 Å². The summed E-state index contributed by atoms with van der Waals surface area (Å²) in [5, 5.41) is 3.39. The lowest BCUT2D eigenvalue weighted by atomic mass is 10.1. The number of nitrogens with zero attached hydrogens (tertiary/aromatic N) is 1. The minimum Gasteiger partial charge on any atom is -0.465 e. The van der Waals surface area contributed by atoms with Crippen LogP contribution in [0.2, 0.25) is 10.0 Å². The van der Waals surface area contributed by atoms with Crippen LogP contribution in [0.15, 0.2) is 42.5 Å². The van der Waals surface area contributed by atoms with Gasteiger partial charge in [0.15, 0.2) is 0 Å². The number of amides is 2. The molecule has 2 amide bonds. The maximum Gasteiger partial charge on any atom is 0.337 e. The van der Waals surface area contributed by atoms with Crippen LogP contribution < -0.4 is 10.2 Å². The second kappa shape index (κ2) is 7.98. The van der Waals surface area contributed by atoms with Crippen LogP contribution in [0.4, 0.5) is 11.4 Å². The molecule has 1 atom stereocenters. The Hall–Kier alpha value is -2.57. The molecule has 1 aliphatic rings. The van der Waals surface area contributed by atoms with Gasteiger partial charge in [0, 0.05) is 18.7 Å². The van der Waals surface area contributed by atoms with Crippen molar-refractivity contribution in [3.63, 3.8) is 0 Å². The average Bonchev–Trinajstić information content (AvgIpc) is 3.05. The van der Waals surface area contributed by atoms with Crippen LogP contribution in [0.5, 0.6) is 0 Å². The minimum atomic E-state index is -0.521. The molecule has 0 aliphatic carbocycles. The lowest BCUT2D eigenvalue weighted by molar-refractivity contribution is -0.122. The molecule has 0 aromatic heterocycles. The van der Waals surface area contributed by atoms with Gasteiger partial charge in [-0.1, -0.05) is 29.3 Å². The molecular weight excluding hydrogens is 391 g/mol. The van der Waals surface area contributed by atoms with E-state index in [-0.39, 0.29) is 29.8 Å². The number of anilines is 2. The van der Waals surface area contributed by atoms with Crippen LogP contribution in [0.3, 0.4) is 0 Å². The average molecular weight is 407 g/mol. The fraction of sp³-hybridized carbons (Fsp3) is 0.211. The highest BCUT2D eigenvalue weighted by molar-refractivity contribution is 6.44. The Morgan fingerprint density at radius 3 is 2.52 bits per heavy atom. The van der Waals surface area contributed by atoms with Crippen molar-refractivity contribution in [3.8, 4) is 0 Å². The first-order valence-corrected chi connectivity index (χ1v) is 8.90. The van der Waals surface area contributed by atoms with Crippen molar-refractivity contribution in [2.45, 2.75) is 6.42 Å². The van der Waals surface area contributed by atoms with Crippen LogP contribution >= 0.6 is 23.2 Å². The molecule has 1 aliphatic heterocycles. The van der Waals surface area contributed by atoms with Gasteiger partial charge in [-0.15, -0.1) is 0 Å². The Balaban J connectivity index is 1.69. The van der Waals surface area contributed by atoms with Crippen molar-refractivity contribution in [2.24, 2.45) is 5.92 Å². The third-order valence-electron chi connectivity index (χ3n) is 4.29. The van der Waals surface area contributed by atoms with E-state index < -0.39 is 11.9 Å². The molecule has 2 aromatic rings. The van der Waals surface area contributed by atoms with E-state index in [0.29, 0.717) is 22.0 Å². The quantitative estimate of drug-likeness (QED) is 0.783. The number of ether oxygens (including phenoxy) is 1. The maximum absolute atomic E-state index is 12.5. The molecule has 6 nitrogen and oxygen atoms in total. The van der Waals surface area contributed by atoms with Crippen LogP contribution in [0.25, 0.3) is 0 Å². The molecule has 0 bridgehead atoms. The predicted molar refractivity (Wildman–Crippen MR) is 103 cm³/mol. The van der Waals surface area contributed by atoms with E-state index in [1.54, 1.807) is 42.5 Å². The van der Waals surface area contributed by atoms with E-state index in [1.165, 1.54) is 12.0 Å². The van der Waals surface area contributed by atoms with E-state index in [0.717, 1.165) is 0 Å². The molecule has 3 rings (SSSR count). The number of rotatable bonds is 4. The second-order valence-corrected chi connectivity index (χ2v) is 6.82. The molecule has 8 heteroatoms. The molecule has 1 saturated heterocycles. The second-order valence-electron chi connectivity index (χ2n) is 6.04. The molecule has 0 unspecified atom stereocenters. The summed E-state index contributed by atoms with van der Waals surface area (Å²) in [7, 11) is 1.30. The van der Waals surface area contributed by atoms with Gasteiger partial charge in [0.05, 0.1) is 34.3 Å². The minimum absolute atomic E-state index is 0.0783. The Morgan fingerprint density at radius 1 is 1.15 bits per heavy atom. The number of esters is 1. The summed E-state index contributed by atoms with van der Waals surface area (Å²) < 4.78 is 4.63. The fourth-order valence-corrected chi connectivity index (χ4v) is 3.27. The van der Waals surface area contributed by atoms with Gasteiger partial charge < -0.3 is 15.0 Å². The SMILES string of the molecule is COC(=O)c1ccc(NC(=O)[C@H]2CC(=O)N(c3cccc(Cl)c3Cl)C2)cc1. The predicted octanol–water partition coefficient (Wildman–Crippen LogP) is 3.77. The summed E-state index contributed by atoms with van der Waals surface area (Å²) in [5.41, 5.74) is 1.40. The third kappa shape index (κ3) is 4.07. The topological polar surface area (TPSA) is 75.7 Å². The van der Waals surface area contributed by atoms with Crippen molar-refractivity contribution >= 4 is 52.4 Å². The van der Waals surface area contributed by atoms with Crippen LogP contribution in [-0.4, -0.2) is 31.4 Å². The van der Waals surface area contributed by atoms with Gasteiger partial charge in [-0.25, -0.2) is 4.79 Å². The number of halogens is 2. The highest BCUT2D eigenvalue weighted by Crippen LogP contribution is 2.35. The van der Waals surface area contributed by atoms with Gasteiger partial charge in [-0.3, -0.25) is 9.59 Å². The number of carbonyl (C=O) groups excluding carboxylic acids is 3. The number of benzene rings is 2. The fourth-order valence-electron chi connectivity index (χ4n) is 2.87. The first kappa shape index (κ1) is 19.2. The summed E-state index contributed by atoms with van der Waals surface area (Å²) in [6, 6.07) is 11.3. The number of methoxy groups -OCH3 is 1. The van der Waals surface area contributed by atoms with Crippen molar-refractivity contribution in [1.29, 1.82) is 0 Å². The zero-order chi connectivity index (χ0) is 19.6. The normalized spacial score (nSPS) is 16.3. The smallest absolute Gasteiger partial charge is 0.337 e. The van der Waals surface area contributed by atoms with E-state index in [2.05, 4.69) is 10.1 Å². The van der Waals surface area contributed by atoms with Crippen LogP contribution in [-0.2, 0) is 14.3 Å². The molecule has 0 saturated carbocycles. The molecule has 1 heterocycles. The van der Waals surface area contributed by atoms with E-state index in [9.17, 15) is 14.4 Å². The number of hydrogen-bond acceptors (Lipinski definition) is 4. The lowest BCUT2D eigenvalue weighted by Crippen LogP contribution is -2.28. The summed E-state index contributed by atoms with van der Waals surface area (Å²) >= 11 is 12.2. The summed E-state index contributed by atoms with van der Waals surface area (Å²) in [6.07, 6.45) is 0.0783. The number of carbonyl (C=O) groups is 3. The molecule has 2 aromatic carbocycles. The molecule has 0 spiro atoms. The van der Waals surface area contributed by atoms with Crippen molar-refractivity contribution in [1.82, 2.24) is 0 Å². The first-order valence-electron chi connectivity index (χ1n) is 8.14. The maximum atomic E-state index is 12.5. The van der Waals surface area contributed by atoms with Crippen LogP contribution in [0, 0.1) is 5.92 Å². The van der Waals surface area contributed by atoms with Gasteiger partial charge >= 0.3 is 5.97 Å². The van der Waals surface area contributed by atoms with Crippen molar-refractivity contribution in [2.75, 3.05) is 23.9 Å². The molecule has 27 heavy (non-hydrogen) atoms. The first-order chi connectivity index (χ1) is 12.9. The van der Waals surface area contributed by atoms with Crippen LogP contribution in [0.1, 0.15) is 16.8 Å². The van der Waals surface area contributed by atoms with Crippen molar-refractivity contribution in [3.05, 3.63) is 58.1 Å². The molecule has 0 radical (unpaired) electrons. The highest BCUT2D eigenvalue weighted by atomic mass is 35.5. The number of hydrogen-bond donors (Lipinski definition) is 1. The number of nitrogens with one attached hydrogen (secondary N) is 1. The van der Waals surface area contributed by atoms with Gasteiger partial charge in [0.1, 0.15) is 0 Å². The van der Waals surface area contributed by atoms with E-state index in [4.69, 9.17) is 23.2 Å². The molecular formula is C19H16Cl2N2O4. The highest BCUT2D eigenvalue weighted by Gasteiger charge is 2.36.